The van der Waals surface area contributed by atoms with Crippen molar-refractivity contribution in [1.82, 2.24) is 20.3 Å². The molecule has 0 spiro atoms. The van der Waals surface area contributed by atoms with Crippen molar-refractivity contribution in [3.05, 3.63) is 89.0 Å². The molecule has 3 rings (SSSR count). The summed E-state index contributed by atoms with van der Waals surface area (Å²) in [5, 5.41) is 11.9. The van der Waals surface area contributed by atoms with Gasteiger partial charge in [-0.05, 0) is 36.1 Å². The molecule has 0 saturated carbocycles. The van der Waals surface area contributed by atoms with E-state index in [1.807, 2.05) is 37.3 Å². The second-order valence-electron chi connectivity index (χ2n) is 10.1. The number of amides is 2. The summed E-state index contributed by atoms with van der Waals surface area (Å²) in [6, 6.07) is 14.3. The van der Waals surface area contributed by atoms with Crippen LogP contribution in [0.3, 0.4) is 0 Å². The average Bonchev–Trinajstić information content (AvgIpc) is 3.38. The number of imidazole rings is 1. The largest absolute Gasteiger partial charge is 0.462 e. The molecule has 3 N–H and O–H groups in total. The fourth-order valence-corrected chi connectivity index (χ4v) is 4.33. The lowest BCUT2D eigenvalue weighted by molar-refractivity contribution is -0.286. The summed E-state index contributed by atoms with van der Waals surface area (Å²) < 4.78 is 69.4. The van der Waals surface area contributed by atoms with E-state index in [4.69, 9.17) is 5.21 Å². The molecule has 1 heterocycles. The highest BCUT2D eigenvalue weighted by molar-refractivity contribution is 5.93. The minimum Gasteiger partial charge on any atom is -0.462 e. The van der Waals surface area contributed by atoms with Gasteiger partial charge in [-0.15, -0.1) is 0 Å². The van der Waals surface area contributed by atoms with E-state index in [0.717, 1.165) is 18.4 Å². The highest BCUT2D eigenvalue weighted by atomic mass is 19.4. The summed E-state index contributed by atoms with van der Waals surface area (Å²) in [6.45, 7) is 1.05. The number of aromatic nitrogens is 2. The first-order valence-electron chi connectivity index (χ1n) is 13.9. The lowest BCUT2D eigenvalue weighted by Gasteiger charge is -2.19. The van der Waals surface area contributed by atoms with Gasteiger partial charge in [-0.25, -0.2) is 15.3 Å². The number of rotatable bonds is 15. The summed E-state index contributed by atoms with van der Waals surface area (Å²) in [5.74, 6) is -6.58. The fourth-order valence-electron chi connectivity index (χ4n) is 4.33. The lowest BCUT2D eigenvalue weighted by atomic mass is 10.0. The summed E-state index contributed by atoms with van der Waals surface area (Å²) >= 11 is 0. The molecule has 14 heteroatoms. The van der Waals surface area contributed by atoms with E-state index in [-0.39, 0.29) is 24.2 Å². The zero-order valence-electron chi connectivity index (χ0n) is 23.9. The molecule has 0 radical (unpaired) electrons. The van der Waals surface area contributed by atoms with Crippen LogP contribution in [0.1, 0.15) is 70.4 Å². The van der Waals surface area contributed by atoms with Crippen LogP contribution >= 0.6 is 0 Å². The molecule has 1 unspecified atom stereocenters. The van der Waals surface area contributed by atoms with Crippen molar-refractivity contribution in [3.8, 4) is 0 Å². The Labute approximate surface area is 250 Å². The van der Waals surface area contributed by atoms with Gasteiger partial charge in [0.05, 0.1) is 24.8 Å². The number of benzene rings is 2. The Morgan fingerprint density at radius 1 is 1.00 bits per heavy atom. The van der Waals surface area contributed by atoms with E-state index in [0.29, 0.717) is 24.2 Å². The Morgan fingerprint density at radius 2 is 1.68 bits per heavy atom. The highest BCUT2D eigenvalue weighted by Crippen LogP contribution is 2.37. The van der Waals surface area contributed by atoms with Gasteiger partial charge >= 0.3 is 18.1 Å². The number of hydroxylamine groups is 1. The number of esters is 1. The summed E-state index contributed by atoms with van der Waals surface area (Å²) in [5.41, 5.74) is 3.25. The third-order valence-electron chi connectivity index (χ3n) is 6.74. The van der Waals surface area contributed by atoms with Crippen LogP contribution in [0.2, 0.25) is 0 Å². The quantitative estimate of drug-likeness (QED) is 0.0919. The van der Waals surface area contributed by atoms with Gasteiger partial charge in [0.15, 0.2) is 0 Å². The topological polar surface area (TPSA) is 123 Å². The highest BCUT2D eigenvalue weighted by Gasteiger charge is 2.57. The smallest absolute Gasteiger partial charge is 0.453 e. The van der Waals surface area contributed by atoms with E-state index in [1.165, 1.54) is 30.5 Å². The Bertz CT molecular complexity index is 1400. The van der Waals surface area contributed by atoms with E-state index in [2.05, 4.69) is 15.0 Å². The molecule has 0 bridgehead atoms. The second kappa shape index (κ2) is 15.4. The average molecular weight is 625 g/mol. The molecular formula is C30H33F5N4O5. The van der Waals surface area contributed by atoms with E-state index in [9.17, 15) is 36.3 Å². The van der Waals surface area contributed by atoms with E-state index >= 15 is 0 Å². The number of carbonyl (C=O) groups excluding carboxylic acids is 3. The molecule has 2 aromatic carbocycles. The number of halogens is 5. The number of aryl methyl sites for hydroxylation is 1. The molecule has 0 aliphatic carbocycles. The van der Waals surface area contributed by atoms with Crippen LogP contribution in [0, 0.1) is 0 Å². The maximum atomic E-state index is 13.4. The monoisotopic (exact) mass is 624 g/mol. The summed E-state index contributed by atoms with van der Waals surface area (Å²) in [7, 11) is 0. The Morgan fingerprint density at radius 3 is 2.30 bits per heavy atom. The fraction of sp³-hybridized carbons (Fsp3) is 0.400. The van der Waals surface area contributed by atoms with Crippen molar-refractivity contribution in [2.75, 3.05) is 6.61 Å². The molecule has 1 aromatic heterocycles. The minimum atomic E-state index is -5.74. The molecule has 2 amide bonds. The normalized spacial score (nSPS) is 12.4. The first-order chi connectivity index (χ1) is 20.8. The van der Waals surface area contributed by atoms with Crippen molar-refractivity contribution in [2.45, 2.75) is 70.1 Å². The third kappa shape index (κ3) is 9.59. The zero-order valence-corrected chi connectivity index (χ0v) is 23.9. The van der Waals surface area contributed by atoms with Crippen LogP contribution in [0.5, 0.6) is 0 Å². The molecular weight excluding hydrogens is 591 g/mol. The number of nitrogens with one attached hydrogen (secondary N) is 2. The minimum absolute atomic E-state index is 0.0511. The van der Waals surface area contributed by atoms with Gasteiger partial charge in [-0.3, -0.25) is 14.8 Å². The van der Waals surface area contributed by atoms with Gasteiger partial charge in [-0.1, -0.05) is 55.8 Å². The van der Waals surface area contributed by atoms with Gasteiger partial charge < -0.3 is 14.6 Å². The molecule has 44 heavy (non-hydrogen) atoms. The molecule has 3 aromatic rings. The van der Waals surface area contributed by atoms with Crippen LogP contribution in [0.4, 0.5) is 22.0 Å². The van der Waals surface area contributed by atoms with Gasteiger partial charge in [0.25, 0.3) is 5.91 Å². The predicted octanol–water partition coefficient (Wildman–Crippen LogP) is 5.26. The van der Waals surface area contributed by atoms with Crippen LogP contribution in [0.25, 0.3) is 0 Å². The lowest BCUT2D eigenvalue weighted by Crippen LogP contribution is -2.41. The van der Waals surface area contributed by atoms with Crippen LogP contribution < -0.4 is 10.8 Å². The maximum absolute atomic E-state index is 13.4. The number of hydrogen-bond donors (Lipinski definition) is 3. The number of carbonyl (C=O) groups is 3. The number of unbranched alkanes of at least 4 members (excludes halogenated alkanes) is 1. The number of ether oxygens (including phenoxy) is 1. The van der Waals surface area contributed by atoms with Crippen molar-refractivity contribution in [1.29, 1.82) is 0 Å². The molecule has 9 nitrogen and oxygen atoms in total. The Balaban J connectivity index is 1.74. The zero-order chi connectivity index (χ0) is 32.3. The first-order valence-corrected chi connectivity index (χ1v) is 13.9. The second-order valence-corrected chi connectivity index (χ2v) is 10.1. The summed E-state index contributed by atoms with van der Waals surface area (Å²) in [6.07, 6.45) is -3.63. The van der Waals surface area contributed by atoms with E-state index < -0.39 is 49.0 Å². The van der Waals surface area contributed by atoms with Gasteiger partial charge in [0.1, 0.15) is 11.5 Å². The standard InChI is InChI=1S/C30H33F5N4O5/c1-2-3-9-25-36-18-24(27(41)37-23(17-26(40)38-43)16-20-7-5-4-6-8-20)39(25)19-21-10-12-22(13-11-21)28(42)44-15-14-29(31,32)30(33,34)35/h4-8,10-13,18,23,43H,2-3,9,14-17,19H2,1H3,(H,37,41)(H,38,40). The van der Waals surface area contributed by atoms with Crippen LogP contribution in [0.15, 0.2) is 60.8 Å². The van der Waals surface area contributed by atoms with Crippen molar-refractivity contribution in [2.24, 2.45) is 0 Å². The Hall–Kier alpha value is -4.33. The molecule has 1 atom stereocenters. The predicted molar refractivity (Wildman–Crippen MR) is 148 cm³/mol. The molecule has 238 valence electrons. The molecule has 0 saturated heterocycles. The number of nitrogens with zero attached hydrogens (tertiary/aromatic N) is 2. The third-order valence-corrected chi connectivity index (χ3v) is 6.74. The molecule has 0 aliphatic heterocycles. The maximum Gasteiger partial charge on any atom is 0.453 e. The number of alkyl halides is 5. The number of hydrogen-bond acceptors (Lipinski definition) is 6. The van der Waals surface area contributed by atoms with Crippen molar-refractivity contribution >= 4 is 17.8 Å². The first kappa shape index (κ1) is 34.2. The van der Waals surface area contributed by atoms with Crippen LogP contribution in [-0.4, -0.2) is 57.3 Å². The Kier molecular flexibility index (Phi) is 12.0. The van der Waals surface area contributed by atoms with Crippen LogP contribution in [-0.2, 0) is 28.9 Å². The molecule has 0 fully saturated rings. The molecule has 0 aliphatic rings. The van der Waals surface area contributed by atoms with Crippen molar-refractivity contribution < 1.29 is 46.3 Å². The van der Waals surface area contributed by atoms with E-state index in [1.54, 1.807) is 10.0 Å². The van der Waals surface area contributed by atoms with Gasteiger partial charge in [-0.2, -0.15) is 22.0 Å². The van der Waals surface area contributed by atoms with Gasteiger partial charge in [0.2, 0.25) is 5.91 Å². The SMILES string of the molecule is CCCCc1ncc(C(=O)NC(CC(=O)NO)Cc2ccccc2)n1Cc1ccc(C(=O)OCCC(F)(F)C(F)(F)F)cc1. The van der Waals surface area contributed by atoms with Gasteiger partial charge in [0, 0.05) is 25.4 Å². The summed E-state index contributed by atoms with van der Waals surface area (Å²) in [4.78, 5) is 42.0. The van der Waals surface area contributed by atoms with Crippen molar-refractivity contribution in [3.63, 3.8) is 0 Å².